The molecular formula is C26H47N. The molecule has 1 unspecified atom stereocenters. The molecule has 4 aliphatic carbocycles. The van der Waals surface area contributed by atoms with E-state index in [2.05, 4.69) is 27.7 Å². The Morgan fingerprint density at radius 2 is 1.59 bits per heavy atom. The molecule has 0 amide bonds. The molecule has 0 aliphatic heterocycles. The van der Waals surface area contributed by atoms with Gasteiger partial charge in [-0.25, -0.2) is 0 Å². The lowest BCUT2D eigenvalue weighted by Gasteiger charge is -2.59. The fourth-order valence-electron chi connectivity index (χ4n) is 8.76. The Kier molecular flexibility index (Phi) is 6.00. The molecule has 4 rings (SSSR count). The van der Waals surface area contributed by atoms with Gasteiger partial charge < -0.3 is 5.73 Å². The minimum Gasteiger partial charge on any atom is -0.328 e. The summed E-state index contributed by atoms with van der Waals surface area (Å²) in [4.78, 5) is 0. The van der Waals surface area contributed by atoms with Crippen LogP contribution in [-0.2, 0) is 0 Å². The lowest BCUT2D eigenvalue weighted by atomic mass is 9.46. The van der Waals surface area contributed by atoms with Gasteiger partial charge in [0.15, 0.2) is 0 Å². The van der Waals surface area contributed by atoms with Crippen molar-refractivity contribution >= 4 is 0 Å². The highest BCUT2D eigenvalue weighted by Gasteiger charge is 2.56. The first kappa shape index (κ1) is 20.2. The number of fused-ring (bicyclic) bond motifs is 5. The number of hydrogen-bond acceptors (Lipinski definition) is 1. The van der Waals surface area contributed by atoms with Gasteiger partial charge in [-0.05, 0) is 111 Å². The second-order valence-corrected chi connectivity index (χ2v) is 12.0. The average molecular weight is 374 g/mol. The Balaban J connectivity index is 1.40. The highest BCUT2D eigenvalue weighted by Crippen LogP contribution is 2.64. The summed E-state index contributed by atoms with van der Waals surface area (Å²) >= 11 is 0. The summed E-state index contributed by atoms with van der Waals surface area (Å²) in [5.41, 5.74) is 6.99. The fourth-order valence-corrected chi connectivity index (χ4v) is 8.76. The summed E-state index contributed by atoms with van der Waals surface area (Å²) in [7, 11) is 0. The van der Waals surface area contributed by atoms with Gasteiger partial charge in [0, 0.05) is 6.04 Å². The lowest BCUT2D eigenvalue weighted by molar-refractivity contribution is -0.0915. The van der Waals surface area contributed by atoms with Gasteiger partial charge in [-0.1, -0.05) is 47.0 Å². The van der Waals surface area contributed by atoms with Crippen LogP contribution in [0.1, 0.15) is 105 Å². The first-order chi connectivity index (χ1) is 12.9. The van der Waals surface area contributed by atoms with Crippen molar-refractivity contribution in [1.82, 2.24) is 0 Å². The Labute approximate surface area is 169 Å². The summed E-state index contributed by atoms with van der Waals surface area (Å²) in [6.45, 7) is 10.0. The first-order valence-corrected chi connectivity index (χ1v) is 12.7. The second kappa shape index (κ2) is 8.00. The quantitative estimate of drug-likeness (QED) is 0.549. The largest absolute Gasteiger partial charge is 0.328 e. The van der Waals surface area contributed by atoms with E-state index in [4.69, 9.17) is 5.73 Å². The van der Waals surface area contributed by atoms with Crippen molar-refractivity contribution in [2.24, 2.45) is 58.5 Å². The van der Waals surface area contributed by atoms with Crippen LogP contribution < -0.4 is 5.73 Å². The van der Waals surface area contributed by atoms with Crippen molar-refractivity contribution in [3.63, 3.8) is 0 Å². The van der Waals surface area contributed by atoms with Crippen LogP contribution in [0.4, 0.5) is 0 Å². The minimum absolute atomic E-state index is 0.499. The zero-order valence-electron chi connectivity index (χ0n) is 18.8. The van der Waals surface area contributed by atoms with Crippen LogP contribution in [0.3, 0.4) is 0 Å². The summed E-state index contributed by atoms with van der Waals surface area (Å²) in [6.07, 6.45) is 17.6. The molecule has 2 N–H and O–H groups in total. The van der Waals surface area contributed by atoms with Crippen LogP contribution in [0.25, 0.3) is 0 Å². The molecule has 0 aromatic carbocycles. The van der Waals surface area contributed by atoms with Gasteiger partial charge in [-0.15, -0.1) is 0 Å². The molecule has 0 saturated heterocycles. The maximum absolute atomic E-state index is 6.36. The van der Waals surface area contributed by atoms with Gasteiger partial charge in [-0.3, -0.25) is 0 Å². The van der Waals surface area contributed by atoms with Gasteiger partial charge in [0.25, 0.3) is 0 Å². The van der Waals surface area contributed by atoms with Gasteiger partial charge in [0.2, 0.25) is 0 Å². The third kappa shape index (κ3) is 3.76. The SMILES string of the molecule is CC(C)CCC[C@H](C)[C@H]1CC[C@@H]2C1CC[C@H]1[C@H]2CC[C@H]2C[C@H](N)CC[C@@]21C. The van der Waals surface area contributed by atoms with E-state index in [1.807, 2.05) is 0 Å². The molecule has 4 aliphatic rings. The Bertz CT molecular complexity index is 498. The molecule has 156 valence electrons. The maximum Gasteiger partial charge on any atom is 0.00418 e. The van der Waals surface area contributed by atoms with Crippen LogP contribution in [0.2, 0.25) is 0 Å². The van der Waals surface area contributed by atoms with Gasteiger partial charge in [0.05, 0.1) is 0 Å². The molecule has 4 fully saturated rings. The molecule has 1 heteroatoms. The smallest absolute Gasteiger partial charge is 0.00418 e. The standard InChI is InChI=1S/C26H47N/c1-17(2)6-5-7-18(3)21-10-11-23-22(21)12-13-25-24(23)9-8-19-16-20(27)14-15-26(19,25)4/h17-25H,5-16,27H2,1-4H3/t18-,19-,20+,21+,22?,23+,24-,25-,26-/m0/s1. The Hall–Kier alpha value is -0.0400. The zero-order chi connectivity index (χ0) is 19.2. The zero-order valence-corrected chi connectivity index (χ0v) is 18.8. The van der Waals surface area contributed by atoms with E-state index in [-0.39, 0.29) is 0 Å². The van der Waals surface area contributed by atoms with E-state index < -0.39 is 0 Å². The van der Waals surface area contributed by atoms with Crippen LogP contribution in [0.15, 0.2) is 0 Å². The molecule has 0 bridgehead atoms. The highest BCUT2D eigenvalue weighted by molar-refractivity contribution is 5.06. The van der Waals surface area contributed by atoms with Gasteiger partial charge >= 0.3 is 0 Å². The van der Waals surface area contributed by atoms with Crippen molar-refractivity contribution in [2.45, 2.75) is 111 Å². The van der Waals surface area contributed by atoms with E-state index in [0.717, 1.165) is 47.3 Å². The van der Waals surface area contributed by atoms with E-state index in [0.29, 0.717) is 11.5 Å². The fraction of sp³-hybridized carbons (Fsp3) is 1.00. The van der Waals surface area contributed by atoms with Crippen LogP contribution in [0, 0.1) is 52.8 Å². The lowest BCUT2D eigenvalue weighted by Crippen LogP contribution is -2.52. The molecule has 1 nitrogen and oxygen atoms in total. The van der Waals surface area contributed by atoms with Crippen molar-refractivity contribution in [3.8, 4) is 0 Å². The van der Waals surface area contributed by atoms with Crippen LogP contribution >= 0.6 is 0 Å². The summed E-state index contributed by atoms with van der Waals surface area (Å²) in [5, 5.41) is 0. The highest BCUT2D eigenvalue weighted by atomic mass is 14.7. The molecular weight excluding hydrogens is 326 g/mol. The summed E-state index contributed by atoms with van der Waals surface area (Å²) in [5.74, 6) is 8.08. The number of hydrogen-bond donors (Lipinski definition) is 1. The molecule has 0 spiro atoms. The molecule has 0 radical (unpaired) electrons. The summed E-state index contributed by atoms with van der Waals surface area (Å²) in [6, 6.07) is 0.499. The van der Waals surface area contributed by atoms with Crippen molar-refractivity contribution in [2.75, 3.05) is 0 Å². The Morgan fingerprint density at radius 1 is 0.852 bits per heavy atom. The molecule has 0 aromatic heterocycles. The van der Waals surface area contributed by atoms with Crippen LogP contribution in [0.5, 0.6) is 0 Å². The average Bonchev–Trinajstić information content (AvgIpc) is 3.06. The predicted octanol–water partition coefficient (Wildman–Crippen LogP) is 7.04. The molecule has 0 aromatic rings. The number of rotatable bonds is 5. The van der Waals surface area contributed by atoms with E-state index in [1.165, 1.54) is 51.4 Å². The van der Waals surface area contributed by atoms with E-state index in [1.54, 1.807) is 25.7 Å². The molecule has 4 saturated carbocycles. The summed E-state index contributed by atoms with van der Waals surface area (Å²) < 4.78 is 0. The molecule has 27 heavy (non-hydrogen) atoms. The topological polar surface area (TPSA) is 26.0 Å². The monoisotopic (exact) mass is 373 g/mol. The number of nitrogens with two attached hydrogens (primary N) is 1. The normalized spacial score (nSPS) is 48.0. The van der Waals surface area contributed by atoms with E-state index in [9.17, 15) is 0 Å². The van der Waals surface area contributed by atoms with Gasteiger partial charge in [0.1, 0.15) is 0 Å². The third-order valence-electron chi connectivity index (χ3n) is 10.3. The van der Waals surface area contributed by atoms with Gasteiger partial charge in [-0.2, -0.15) is 0 Å². The first-order valence-electron chi connectivity index (χ1n) is 12.7. The minimum atomic E-state index is 0.499. The molecule has 9 atom stereocenters. The van der Waals surface area contributed by atoms with Crippen LogP contribution in [-0.4, -0.2) is 6.04 Å². The van der Waals surface area contributed by atoms with E-state index >= 15 is 0 Å². The van der Waals surface area contributed by atoms with Crippen molar-refractivity contribution in [3.05, 3.63) is 0 Å². The Morgan fingerprint density at radius 3 is 2.37 bits per heavy atom. The van der Waals surface area contributed by atoms with Crippen molar-refractivity contribution < 1.29 is 0 Å². The third-order valence-corrected chi connectivity index (χ3v) is 10.3. The predicted molar refractivity (Wildman–Crippen MR) is 116 cm³/mol. The maximum atomic E-state index is 6.36. The molecule has 0 heterocycles. The van der Waals surface area contributed by atoms with Crippen molar-refractivity contribution in [1.29, 1.82) is 0 Å². The second-order valence-electron chi connectivity index (χ2n) is 12.0.